The number of nitrogens with one attached hydrogen (secondary N) is 2. The van der Waals surface area contributed by atoms with Gasteiger partial charge >= 0.3 is 5.69 Å². The normalized spacial score (nSPS) is 13.7. The van der Waals surface area contributed by atoms with Crippen molar-refractivity contribution in [3.05, 3.63) is 69.4 Å². The Hall–Kier alpha value is -3.73. The van der Waals surface area contributed by atoms with Gasteiger partial charge < -0.3 is 5.32 Å². The molecule has 0 fully saturated rings. The number of nitrogens with zero attached hydrogens (tertiary/aromatic N) is 3. The van der Waals surface area contributed by atoms with E-state index in [0.29, 0.717) is 29.7 Å². The zero-order chi connectivity index (χ0) is 23.6. The van der Waals surface area contributed by atoms with Crippen molar-refractivity contribution in [3.8, 4) is 0 Å². The van der Waals surface area contributed by atoms with Gasteiger partial charge in [-0.2, -0.15) is 0 Å². The second kappa shape index (κ2) is 9.02. The predicted molar refractivity (Wildman–Crippen MR) is 125 cm³/mol. The van der Waals surface area contributed by atoms with Gasteiger partial charge in [-0.05, 0) is 43.7 Å². The summed E-state index contributed by atoms with van der Waals surface area (Å²) in [6.45, 7) is 2.10. The molecule has 33 heavy (non-hydrogen) atoms. The number of carbonyl (C=O) groups is 1. The van der Waals surface area contributed by atoms with E-state index < -0.39 is 27.2 Å². The van der Waals surface area contributed by atoms with Gasteiger partial charge in [0, 0.05) is 25.2 Å². The van der Waals surface area contributed by atoms with Crippen LogP contribution in [0.25, 0.3) is 10.9 Å². The first-order valence-corrected chi connectivity index (χ1v) is 12.0. The molecule has 2 N–H and O–H groups in total. The van der Waals surface area contributed by atoms with Gasteiger partial charge in [-0.1, -0.05) is 18.2 Å². The van der Waals surface area contributed by atoms with Crippen LogP contribution in [0.1, 0.15) is 19.8 Å². The van der Waals surface area contributed by atoms with Crippen LogP contribution in [0.4, 0.5) is 5.69 Å². The van der Waals surface area contributed by atoms with Crippen LogP contribution >= 0.6 is 0 Å². The lowest BCUT2D eigenvalue weighted by Crippen LogP contribution is -2.41. The molecule has 1 amide bonds. The van der Waals surface area contributed by atoms with Gasteiger partial charge in [0.2, 0.25) is 5.91 Å². The molecule has 2 aromatic carbocycles. The highest BCUT2D eigenvalue weighted by Crippen LogP contribution is 2.17. The Morgan fingerprint density at radius 1 is 1.09 bits per heavy atom. The van der Waals surface area contributed by atoms with Gasteiger partial charge in [0.1, 0.15) is 12.4 Å². The van der Waals surface area contributed by atoms with Crippen molar-refractivity contribution in [1.29, 1.82) is 0 Å². The molecule has 4 rings (SSSR count). The summed E-state index contributed by atoms with van der Waals surface area (Å²) in [6, 6.07) is 12.4. The fourth-order valence-corrected chi connectivity index (χ4v) is 4.86. The van der Waals surface area contributed by atoms with E-state index in [-0.39, 0.29) is 23.7 Å². The first kappa shape index (κ1) is 22.5. The van der Waals surface area contributed by atoms with E-state index >= 15 is 0 Å². The zero-order valence-electron chi connectivity index (χ0n) is 17.9. The van der Waals surface area contributed by atoms with Gasteiger partial charge in [-0.15, -0.1) is 0 Å². The molecule has 0 saturated carbocycles. The van der Waals surface area contributed by atoms with Crippen molar-refractivity contribution in [2.24, 2.45) is 4.99 Å². The monoisotopic (exact) mass is 469 g/mol. The predicted octanol–water partition coefficient (Wildman–Crippen LogP) is 1.29. The number of rotatable bonds is 6. The van der Waals surface area contributed by atoms with Crippen LogP contribution in [0, 0.1) is 0 Å². The molecular formula is C22H23N5O5S. The highest BCUT2D eigenvalue weighted by atomic mass is 32.2. The number of carbonyl (C=O) groups excluding carboxylic acids is 1. The maximum absolute atomic E-state index is 12.8. The summed E-state index contributed by atoms with van der Waals surface area (Å²) in [5, 5.41) is 2.97. The first-order valence-electron chi connectivity index (χ1n) is 10.5. The lowest BCUT2D eigenvalue weighted by Gasteiger charge is -2.14. The van der Waals surface area contributed by atoms with Crippen molar-refractivity contribution < 1.29 is 13.2 Å². The van der Waals surface area contributed by atoms with Crippen LogP contribution in [0.2, 0.25) is 0 Å². The zero-order valence-corrected chi connectivity index (χ0v) is 18.8. The molecule has 1 aromatic heterocycles. The Morgan fingerprint density at radius 2 is 1.88 bits per heavy atom. The molecule has 0 radical (unpaired) electrons. The third-order valence-electron chi connectivity index (χ3n) is 5.30. The number of aromatic nitrogens is 2. The summed E-state index contributed by atoms with van der Waals surface area (Å²) < 4.78 is 30.0. The van der Waals surface area contributed by atoms with Crippen LogP contribution in [-0.2, 0) is 27.9 Å². The van der Waals surface area contributed by atoms with E-state index in [1.165, 1.54) is 22.8 Å². The van der Waals surface area contributed by atoms with E-state index in [4.69, 9.17) is 0 Å². The SMILES string of the molecule is CCn1c(=O)c2ccccc2n(CC(=O)Nc2cccc(S(=O)(=O)NC3=NCCC3)c2)c1=O. The first-order chi connectivity index (χ1) is 15.8. The van der Waals surface area contributed by atoms with E-state index in [1.54, 1.807) is 37.3 Å². The minimum absolute atomic E-state index is 0.0166. The molecule has 3 aromatic rings. The van der Waals surface area contributed by atoms with Crippen LogP contribution < -0.4 is 21.3 Å². The fourth-order valence-electron chi connectivity index (χ4n) is 3.72. The maximum Gasteiger partial charge on any atom is 0.331 e. The highest BCUT2D eigenvalue weighted by molar-refractivity contribution is 7.90. The van der Waals surface area contributed by atoms with E-state index in [0.717, 1.165) is 11.0 Å². The largest absolute Gasteiger partial charge is 0.331 e. The Labute approximate surface area is 189 Å². The molecule has 1 aliphatic rings. The lowest BCUT2D eigenvalue weighted by molar-refractivity contribution is -0.116. The second-order valence-corrected chi connectivity index (χ2v) is 9.23. The number of sulfonamides is 1. The topological polar surface area (TPSA) is 132 Å². The Bertz CT molecular complexity index is 1490. The number of anilines is 1. The number of fused-ring (bicyclic) bond motifs is 1. The van der Waals surface area contributed by atoms with Crippen molar-refractivity contribution in [3.63, 3.8) is 0 Å². The number of hydrogen-bond acceptors (Lipinski definition) is 6. The van der Waals surface area contributed by atoms with E-state index in [9.17, 15) is 22.8 Å². The van der Waals surface area contributed by atoms with Gasteiger partial charge in [0.15, 0.2) is 0 Å². The Balaban J connectivity index is 1.59. The molecule has 0 bridgehead atoms. The van der Waals surface area contributed by atoms with Crippen LogP contribution in [-0.4, -0.2) is 35.8 Å². The maximum atomic E-state index is 12.8. The van der Waals surface area contributed by atoms with Crippen LogP contribution in [0.5, 0.6) is 0 Å². The van der Waals surface area contributed by atoms with E-state index in [1.807, 2.05) is 0 Å². The number of amides is 1. The van der Waals surface area contributed by atoms with Crippen LogP contribution in [0.15, 0.2) is 68.0 Å². The van der Waals surface area contributed by atoms with Crippen molar-refractivity contribution in [2.45, 2.75) is 37.8 Å². The molecule has 10 nitrogen and oxygen atoms in total. The molecule has 2 heterocycles. The smallest absolute Gasteiger partial charge is 0.324 e. The Morgan fingerprint density at radius 3 is 2.61 bits per heavy atom. The number of amidine groups is 1. The van der Waals surface area contributed by atoms with E-state index in [2.05, 4.69) is 15.0 Å². The van der Waals surface area contributed by atoms with Crippen LogP contribution in [0.3, 0.4) is 0 Å². The highest BCUT2D eigenvalue weighted by Gasteiger charge is 2.19. The average Bonchev–Trinajstić information content (AvgIpc) is 3.29. The summed E-state index contributed by atoms with van der Waals surface area (Å²) in [5.74, 6) is -0.118. The summed E-state index contributed by atoms with van der Waals surface area (Å²) in [5.41, 5.74) is -0.385. The summed E-state index contributed by atoms with van der Waals surface area (Å²) >= 11 is 0. The van der Waals surface area contributed by atoms with Gasteiger partial charge in [-0.25, -0.2) is 13.2 Å². The third kappa shape index (κ3) is 4.58. The molecule has 1 aliphatic heterocycles. The van der Waals surface area contributed by atoms with Crippen molar-refractivity contribution in [2.75, 3.05) is 11.9 Å². The summed E-state index contributed by atoms with van der Waals surface area (Å²) in [4.78, 5) is 42.2. The number of para-hydroxylation sites is 1. The number of benzene rings is 2. The van der Waals surface area contributed by atoms with Crippen molar-refractivity contribution >= 4 is 38.4 Å². The van der Waals surface area contributed by atoms with Gasteiger partial charge in [0.05, 0.1) is 15.8 Å². The lowest BCUT2D eigenvalue weighted by atomic mass is 10.2. The number of aliphatic imine (C=N–C) groups is 1. The molecular weight excluding hydrogens is 446 g/mol. The molecule has 0 unspecified atom stereocenters. The molecule has 172 valence electrons. The second-order valence-electron chi connectivity index (χ2n) is 7.55. The molecule has 0 aliphatic carbocycles. The standard InChI is InChI=1S/C22H23N5O5S/c1-2-26-21(29)17-9-3-4-10-18(17)27(22(26)30)14-20(28)24-15-7-5-8-16(13-15)33(31,32)25-19-11-6-12-23-19/h3-5,7-10,13H,2,6,11-12,14H2,1H3,(H,23,25)(H,24,28). The minimum Gasteiger partial charge on any atom is -0.324 e. The summed E-state index contributed by atoms with van der Waals surface area (Å²) in [6.07, 6.45) is 1.37. The molecule has 11 heteroatoms. The molecule has 0 saturated heterocycles. The van der Waals surface area contributed by atoms with Crippen molar-refractivity contribution in [1.82, 2.24) is 13.9 Å². The number of hydrogen-bond donors (Lipinski definition) is 2. The summed E-state index contributed by atoms with van der Waals surface area (Å²) in [7, 11) is -3.84. The molecule has 0 spiro atoms. The van der Waals surface area contributed by atoms with Gasteiger partial charge in [-0.3, -0.25) is 28.4 Å². The Kier molecular flexibility index (Phi) is 6.14. The quantitative estimate of drug-likeness (QED) is 0.562. The van der Waals surface area contributed by atoms with Gasteiger partial charge in [0.25, 0.3) is 15.6 Å². The molecule has 0 atom stereocenters. The fraction of sp³-hybridized carbons (Fsp3) is 0.273. The third-order valence-corrected chi connectivity index (χ3v) is 6.68. The average molecular weight is 470 g/mol. The minimum atomic E-state index is -3.84.